The van der Waals surface area contributed by atoms with E-state index in [2.05, 4.69) is 0 Å². The molecule has 0 amide bonds. The second kappa shape index (κ2) is 3.25. The third-order valence-corrected chi connectivity index (χ3v) is 2.25. The van der Waals surface area contributed by atoms with Gasteiger partial charge in [-0.2, -0.15) is 8.78 Å². The van der Waals surface area contributed by atoms with Gasteiger partial charge in [0.2, 0.25) is 0 Å². The normalized spacial score (nSPS) is 10.5. The number of aromatic nitrogens is 1. The van der Waals surface area contributed by atoms with Crippen LogP contribution in [0.4, 0.5) is 8.78 Å². The molecule has 0 bridgehead atoms. The molecule has 3 heteroatoms. The number of nitrogens with zero attached hydrogens (tertiary/aromatic N) is 1. The molecule has 0 unspecified atom stereocenters. The lowest BCUT2D eigenvalue weighted by molar-refractivity contribution is 0.429. The molecule has 0 fully saturated rings. The first-order valence-electron chi connectivity index (χ1n) is 4.25. The van der Waals surface area contributed by atoms with Crippen LogP contribution >= 0.6 is 0 Å². The molecule has 0 radical (unpaired) electrons. The van der Waals surface area contributed by atoms with E-state index in [4.69, 9.17) is 0 Å². The number of fused-ring (bicyclic) bond motifs is 1. The molecule has 1 aromatic carbocycles. The Bertz CT molecular complexity index is 493. The molecule has 2 aromatic rings. The quantitative estimate of drug-likeness (QED) is 0.654. The van der Waals surface area contributed by atoms with Crippen molar-refractivity contribution in [3.63, 3.8) is 0 Å². The van der Waals surface area contributed by atoms with Gasteiger partial charge in [0.1, 0.15) is 0 Å². The summed E-state index contributed by atoms with van der Waals surface area (Å²) in [4.78, 5) is 0. The van der Waals surface area contributed by atoms with E-state index in [1.165, 1.54) is 0 Å². The number of hydrogen-bond donors (Lipinski definition) is 0. The van der Waals surface area contributed by atoms with Crippen LogP contribution in [0.1, 0.15) is 5.69 Å². The van der Waals surface area contributed by atoms with E-state index in [1.54, 1.807) is 17.7 Å². The number of halogens is 2. The summed E-state index contributed by atoms with van der Waals surface area (Å²) in [5, 5.41) is 0.975. The molecule has 0 saturated heterocycles. The molecule has 14 heavy (non-hydrogen) atoms. The van der Waals surface area contributed by atoms with Gasteiger partial charge in [-0.1, -0.05) is 18.2 Å². The summed E-state index contributed by atoms with van der Waals surface area (Å²) in [5.41, 5.74) is 1.48. The fourth-order valence-electron chi connectivity index (χ4n) is 1.56. The van der Waals surface area contributed by atoms with Gasteiger partial charge < -0.3 is 4.57 Å². The monoisotopic (exact) mass is 193 g/mol. The lowest BCUT2D eigenvalue weighted by atomic mass is 10.2. The second-order valence-corrected chi connectivity index (χ2v) is 3.12. The van der Waals surface area contributed by atoms with Crippen molar-refractivity contribution in [3.8, 4) is 0 Å². The van der Waals surface area contributed by atoms with E-state index in [0.717, 1.165) is 17.0 Å². The van der Waals surface area contributed by atoms with Crippen molar-refractivity contribution in [2.24, 2.45) is 7.05 Å². The molecule has 72 valence electrons. The molecular formula is C11H9F2N. The average Bonchev–Trinajstić information content (AvgIpc) is 2.44. The van der Waals surface area contributed by atoms with E-state index in [0.29, 0.717) is 5.69 Å². The minimum atomic E-state index is -1.67. The highest BCUT2D eigenvalue weighted by Gasteiger charge is 2.03. The van der Waals surface area contributed by atoms with E-state index in [-0.39, 0.29) is 0 Å². The fourth-order valence-corrected chi connectivity index (χ4v) is 1.56. The van der Waals surface area contributed by atoms with Gasteiger partial charge in [-0.15, -0.1) is 0 Å². The smallest absolute Gasteiger partial charge is 0.272 e. The number of hydrogen-bond acceptors (Lipinski definition) is 0. The molecule has 0 saturated carbocycles. The van der Waals surface area contributed by atoms with Gasteiger partial charge in [-0.25, -0.2) is 0 Å². The Hall–Kier alpha value is -1.64. The molecule has 0 aliphatic rings. The van der Waals surface area contributed by atoms with Crippen molar-refractivity contribution < 1.29 is 8.78 Å². The van der Waals surface area contributed by atoms with Crippen LogP contribution in [-0.4, -0.2) is 4.57 Å². The first-order chi connectivity index (χ1) is 6.68. The first kappa shape index (κ1) is 8.94. The molecule has 0 atom stereocenters. The zero-order valence-electron chi connectivity index (χ0n) is 7.67. The SMILES string of the molecule is Cn1c(C=C(F)F)cc2ccccc21. The minimum absolute atomic E-state index is 0.520. The Labute approximate surface area is 80.3 Å². The van der Waals surface area contributed by atoms with Crippen molar-refractivity contribution in [2.75, 3.05) is 0 Å². The van der Waals surface area contributed by atoms with Gasteiger partial charge >= 0.3 is 0 Å². The van der Waals surface area contributed by atoms with Crippen LogP contribution in [-0.2, 0) is 7.05 Å². The van der Waals surface area contributed by atoms with Gasteiger partial charge in [-0.3, -0.25) is 0 Å². The summed E-state index contributed by atoms with van der Waals surface area (Å²) in [5.74, 6) is 0. The van der Waals surface area contributed by atoms with Gasteiger partial charge in [0, 0.05) is 29.7 Å². The highest BCUT2D eigenvalue weighted by molar-refractivity contribution is 5.83. The van der Waals surface area contributed by atoms with Crippen LogP contribution in [0, 0.1) is 0 Å². The highest BCUT2D eigenvalue weighted by Crippen LogP contribution is 2.20. The van der Waals surface area contributed by atoms with Gasteiger partial charge in [-0.05, 0) is 12.1 Å². The molecule has 2 rings (SSSR count). The van der Waals surface area contributed by atoms with Crippen LogP contribution in [0.3, 0.4) is 0 Å². The second-order valence-electron chi connectivity index (χ2n) is 3.12. The molecule has 0 aliphatic heterocycles. The topological polar surface area (TPSA) is 4.93 Å². The highest BCUT2D eigenvalue weighted by atomic mass is 19.3. The Kier molecular flexibility index (Phi) is 2.08. The molecule has 0 aliphatic carbocycles. The van der Waals surface area contributed by atoms with Crippen molar-refractivity contribution in [1.29, 1.82) is 0 Å². The van der Waals surface area contributed by atoms with Crippen LogP contribution in [0.2, 0.25) is 0 Å². The summed E-state index contributed by atoms with van der Waals surface area (Å²) in [7, 11) is 1.77. The van der Waals surface area contributed by atoms with Crippen molar-refractivity contribution in [3.05, 3.63) is 42.1 Å². The largest absolute Gasteiger partial charge is 0.344 e. The Morgan fingerprint density at radius 3 is 2.64 bits per heavy atom. The molecule has 1 nitrogen and oxygen atoms in total. The van der Waals surface area contributed by atoms with Crippen LogP contribution in [0.15, 0.2) is 36.4 Å². The standard InChI is InChI=1S/C11H9F2N/c1-14-9(7-11(12)13)6-8-4-2-3-5-10(8)14/h2-7H,1H3. The van der Waals surface area contributed by atoms with E-state index in [9.17, 15) is 8.78 Å². The predicted octanol–water partition coefficient (Wildman–Crippen LogP) is 3.42. The van der Waals surface area contributed by atoms with Crippen LogP contribution in [0.5, 0.6) is 0 Å². The number of benzene rings is 1. The maximum absolute atomic E-state index is 12.1. The molecule has 1 heterocycles. The third-order valence-electron chi connectivity index (χ3n) is 2.25. The zero-order chi connectivity index (χ0) is 10.1. The fraction of sp³-hybridized carbons (Fsp3) is 0.0909. The lowest BCUT2D eigenvalue weighted by Gasteiger charge is -1.97. The molecule has 0 N–H and O–H groups in total. The van der Waals surface area contributed by atoms with Crippen LogP contribution < -0.4 is 0 Å². The minimum Gasteiger partial charge on any atom is -0.344 e. The zero-order valence-corrected chi connectivity index (χ0v) is 7.67. The van der Waals surface area contributed by atoms with E-state index < -0.39 is 6.08 Å². The van der Waals surface area contributed by atoms with Gasteiger partial charge in [0.15, 0.2) is 0 Å². The molecule has 1 aromatic heterocycles. The number of aryl methyl sites for hydroxylation is 1. The summed E-state index contributed by atoms with van der Waals surface area (Å²) in [6.07, 6.45) is -0.795. The summed E-state index contributed by atoms with van der Waals surface area (Å²) < 4.78 is 25.9. The predicted molar refractivity (Wildman–Crippen MR) is 53.1 cm³/mol. The van der Waals surface area contributed by atoms with Crippen molar-refractivity contribution >= 4 is 17.0 Å². The van der Waals surface area contributed by atoms with Crippen molar-refractivity contribution in [2.45, 2.75) is 0 Å². The maximum Gasteiger partial charge on any atom is 0.272 e. The van der Waals surface area contributed by atoms with Gasteiger partial charge in [0.05, 0.1) is 0 Å². The summed E-state index contributed by atoms with van der Waals surface area (Å²) in [6, 6.07) is 9.34. The van der Waals surface area contributed by atoms with E-state index in [1.807, 2.05) is 24.3 Å². The third kappa shape index (κ3) is 1.41. The lowest BCUT2D eigenvalue weighted by Crippen LogP contribution is -1.89. The average molecular weight is 193 g/mol. The van der Waals surface area contributed by atoms with E-state index >= 15 is 0 Å². The Morgan fingerprint density at radius 2 is 2.00 bits per heavy atom. The van der Waals surface area contributed by atoms with Crippen molar-refractivity contribution in [1.82, 2.24) is 4.57 Å². The Balaban J connectivity index is 2.69. The Morgan fingerprint density at radius 1 is 1.29 bits per heavy atom. The summed E-state index contributed by atoms with van der Waals surface area (Å²) in [6.45, 7) is 0. The van der Waals surface area contributed by atoms with Crippen LogP contribution in [0.25, 0.3) is 17.0 Å². The maximum atomic E-state index is 12.1. The molecular weight excluding hydrogens is 184 g/mol. The number of rotatable bonds is 1. The van der Waals surface area contributed by atoms with Gasteiger partial charge in [0.25, 0.3) is 6.08 Å². The summed E-state index contributed by atoms with van der Waals surface area (Å²) >= 11 is 0. The first-order valence-corrected chi connectivity index (χ1v) is 4.25. The number of para-hydroxylation sites is 1. The molecule has 0 spiro atoms.